The van der Waals surface area contributed by atoms with Crippen LogP contribution in [0.5, 0.6) is 0 Å². The predicted octanol–water partition coefficient (Wildman–Crippen LogP) is 1.08. The molecule has 0 bridgehead atoms. The molecule has 0 amide bonds. The number of aromatic nitrogens is 3. The summed E-state index contributed by atoms with van der Waals surface area (Å²) in [6, 6.07) is 4.65. The first-order valence-corrected chi connectivity index (χ1v) is 7.03. The second-order valence-electron chi connectivity index (χ2n) is 5.90. The van der Waals surface area contributed by atoms with E-state index in [1.165, 1.54) is 5.56 Å². The van der Waals surface area contributed by atoms with Crippen molar-refractivity contribution in [1.82, 2.24) is 19.9 Å². The summed E-state index contributed by atoms with van der Waals surface area (Å²) in [7, 11) is 0. The van der Waals surface area contributed by atoms with E-state index in [1.807, 2.05) is 16.8 Å². The smallest absolute Gasteiger partial charge is 0.245 e. The maximum absolute atomic E-state index is 4.67. The Hall–Kier alpha value is -1.62. The maximum atomic E-state index is 4.67. The molecule has 2 fully saturated rings. The van der Waals surface area contributed by atoms with Crippen molar-refractivity contribution in [3.63, 3.8) is 0 Å². The van der Waals surface area contributed by atoms with Crippen molar-refractivity contribution in [2.45, 2.75) is 19.9 Å². The number of nitrogens with zero attached hydrogens (tertiary/aromatic N) is 4. The zero-order valence-electron chi connectivity index (χ0n) is 11.4. The van der Waals surface area contributed by atoms with Gasteiger partial charge in [0.05, 0.1) is 0 Å². The van der Waals surface area contributed by atoms with Crippen LogP contribution >= 0.6 is 0 Å². The lowest BCUT2D eigenvalue weighted by Crippen LogP contribution is -2.33. The van der Waals surface area contributed by atoms with Crippen LogP contribution in [0.3, 0.4) is 0 Å². The highest BCUT2D eigenvalue weighted by molar-refractivity contribution is 5.47. The summed E-state index contributed by atoms with van der Waals surface area (Å²) in [6.45, 7) is 7.73. The minimum atomic E-state index is 0.526. The van der Waals surface area contributed by atoms with E-state index in [2.05, 4.69) is 40.2 Å². The molecule has 2 aromatic rings. The zero-order valence-corrected chi connectivity index (χ0v) is 11.4. The van der Waals surface area contributed by atoms with Gasteiger partial charge in [-0.3, -0.25) is 0 Å². The first-order chi connectivity index (χ1) is 9.22. The Morgan fingerprint density at radius 1 is 1.32 bits per heavy atom. The molecule has 0 aliphatic carbocycles. The number of pyridine rings is 1. The highest BCUT2D eigenvalue weighted by atomic mass is 15.4. The van der Waals surface area contributed by atoms with Gasteiger partial charge in [0, 0.05) is 31.9 Å². The summed E-state index contributed by atoms with van der Waals surface area (Å²) in [5.41, 5.74) is 2.14. The minimum absolute atomic E-state index is 0.526. The normalized spacial score (nSPS) is 30.2. The topological polar surface area (TPSA) is 45.5 Å². The van der Waals surface area contributed by atoms with Gasteiger partial charge in [0.1, 0.15) is 0 Å². The molecule has 0 radical (unpaired) electrons. The van der Waals surface area contributed by atoms with Crippen LogP contribution in [-0.2, 0) is 0 Å². The molecule has 2 aliphatic heterocycles. The maximum Gasteiger partial charge on any atom is 0.245 e. The molecule has 0 aromatic carbocycles. The Morgan fingerprint density at radius 2 is 2.21 bits per heavy atom. The molecule has 5 heteroatoms. The second-order valence-corrected chi connectivity index (χ2v) is 5.90. The van der Waals surface area contributed by atoms with Crippen LogP contribution in [0.4, 0.5) is 5.95 Å². The largest absolute Gasteiger partial charge is 0.336 e. The average molecular weight is 257 g/mol. The third-order valence-corrected chi connectivity index (χ3v) is 4.66. The highest BCUT2D eigenvalue weighted by Crippen LogP contribution is 2.34. The molecule has 2 saturated heterocycles. The van der Waals surface area contributed by atoms with E-state index < -0.39 is 0 Å². The van der Waals surface area contributed by atoms with Crippen molar-refractivity contribution < 1.29 is 0 Å². The summed E-state index contributed by atoms with van der Waals surface area (Å²) in [5, 5.41) is 8.13. The lowest BCUT2D eigenvalue weighted by Gasteiger charge is -2.22. The molecule has 1 N–H and O–H groups in total. The molecule has 19 heavy (non-hydrogen) atoms. The molecular formula is C14H19N5. The molecule has 0 spiro atoms. The Bertz CT molecular complexity index is 619. The van der Waals surface area contributed by atoms with Crippen molar-refractivity contribution in [3.05, 3.63) is 23.9 Å². The van der Waals surface area contributed by atoms with Gasteiger partial charge < -0.3 is 10.2 Å². The molecule has 3 atom stereocenters. The molecule has 2 aliphatic rings. The standard InChI is InChI=1S/C14H19N5/c1-9-3-4-13-16-14(17-19(13)7-9)18-8-11-5-15-6-12(11)10(18)2/h3-4,7,10-12,15H,5-6,8H2,1-2H3. The van der Waals surface area contributed by atoms with Gasteiger partial charge in [-0.15, -0.1) is 5.10 Å². The lowest BCUT2D eigenvalue weighted by atomic mass is 9.95. The van der Waals surface area contributed by atoms with Gasteiger partial charge in [0.2, 0.25) is 5.95 Å². The number of hydrogen-bond donors (Lipinski definition) is 1. The third-order valence-electron chi connectivity index (χ3n) is 4.66. The van der Waals surface area contributed by atoms with Gasteiger partial charge >= 0.3 is 0 Å². The monoisotopic (exact) mass is 257 g/mol. The fourth-order valence-electron chi connectivity index (χ4n) is 3.53. The van der Waals surface area contributed by atoms with Crippen LogP contribution in [0.15, 0.2) is 18.3 Å². The van der Waals surface area contributed by atoms with Crippen molar-refractivity contribution in [1.29, 1.82) is 0 Å². The number of rotatable bonds is 1. The predicted molar refractivity (Wildman–Crippen MR) is 74.4 cm³/mol. The van der Waals surface area contributed by atoms with E-state index in [0.717, 1.165) is 43.1 Å². The van der Waals surface area contributed by atoms with Gasteiger partial charge in [-0.2, -0.15) is 4.98 Å². The Balaban J connectivity index is 1.71. The Labute approximate surface area is 112 Å². The van der Waals surface area contributed by atoms with E-state index in [4.69, 9.17) is 0 Å². The zero-order chi connectivity index (χ0) is 13.0. The summed E-state index contributed by atoms with van der Waals surface area (Å²) in [5.74, 6) is 2.38. The summed E-state index contributed by atoms with van der Waals surface area (Å²) in [6.07, 6.45) is 2.04. The number of nitrogens with one attached hydrogen (secondary N) is 1. The molecule has 5 nitrogen and oxygen atoms in total. The first kappa shape index (κ1) is 11.2. The second kappa shape index (κ2) is 3.93. The SMILES string of the molecule is Cc1ccc2nc(N3CC4CNCC4C3C)nn2c1. The van der Waals surface area contributed by atoms with E-state index in [9.17, 15) is 0 Å². The van der Waals surface area contributed by atoms with Crippen molar-refractivity contribution in [2.24, 2.45) is 11.8 Å². The van der Waals surface area contributed by atoms with Crippen LogP contribution in [0.25, 0.3) is 5.65 Å². The van der Waals surface area contributed by atoms with Crippen LogP contribution in [-0.4, -0.2) is 40.3 Å². The molecule has 4 heterocycles. The molecule has 3 unspecified atom stereocenters. The van der Waals surface area contributed by atoms with Gasteiger partial charge in [-0.1, -0.05) is 6.07 Å². The van der Waals surface area contributed by atoms with Gasteiger partial charge in [0.25, 0.3) is 0 Å². The fraction of sp³-hybridized carbons (Fsp3) is 0.571. The van der Waals surface area contributed by atoms with E-state index >= 15 is 0 Å². The number of fused-ring (bicyclic) bond motifs is 2. The summed E-state index contributed by atoms with van der Waals surface area (Å²) >= 11 is 0. The van der Waals surface area contributed by atoms with Crippen LogP contribution in [0.2, 0.25) is 0 Å². The van der Waals surface area contributed by atoms with E-state index in [-0.39, 0.29) is 0 Å². The lowest BCUT2D eigenvalue weighted by molar-refractivity contribution is 0.471. The molecule has 4 rings (SSSR count). The Kier molecular flexibility index (Phi) is 2.33. The first-order valence-electron chi connectivity index (χ1n) is 7.03. The number of aryl methyl sites for hydroxylation is 1. The van der Waals surface area contributed by atoms with Gasteiger partial charge in [-0.25, -0.2) is 4.52 Å². The summed E-state index contributed by atoms with van der Waals surface area (Å²) in [4.78, 5) is 7.04. The van der Waals surface area contributed by atoms with Crippen molar-refractivity contribution in [2.75, 3.05) is 24.5 Å². The summed E-state index contributed by atoms with van der Waals surface area (Å²) < 4.78 is 1.89. The van der Waals surface area contributed by atoms with E-state index in [0.29, 0.717) is 6.04 Å². The van der Waals surface area contributed by atoms with Gasteiger partial charge in [-0.05, 0) is 37.3 Å². The number of hydrogen-bond acceptors (Lipinski definition) is 4. The fourth-order valence-corrected chi connectivity index (χ4v) is 3.53. The molecule has 0 saturated carbocycles. The van der Waals surface area contributed by atoms with Crippen LogP contribution in [0, 0.1) is 18.8 Å². The molecule has 100 valence electrons. The van der Waals surface area contributed by atoms with Crippen LogP contribution in [0.1, 0.15) is 12.5 Å². The van der Waals surface area contributed by atoms with Crippen molar-refractivity contribution >= 4 is 11.6 Å². The van der Waals surface area contributed by atoms with E-state index in [1.54, 1.807) is 0 Å². The Morgan fingerprint density at radius 3 is 3.05 bits per heavy atom. The quantitative estimate of drug-likeness (QED) is 0.830. The van der Waals surface area contributed by atoms with Crippen LogP contribution < -0.4 is 10.2 Å². The van der Waals surface area contributed by atoms with Gasteiger partial charge in [0.15, 0.2) is 5.65 Å². The average Bonchev–Trinajstić information content (AvgIpc) is 3.04. The molecule has 2 aromatic heterocycles. The number of anilines is 1. The third kappa shape index (κ3) is 1.64. The minimum Gasteiger partial charge on any atom is -0.336 e. The molecular weight excluding hydrogens is 238 g/mol. The van der Waals surface area contributed by atoms with Crippen molar-refractivity contribution in [3.8, 4) is 0 Å². The highest BCUT2D eigenvalue weighted by Gasteiger charge is 2.43.